The molecule has 0 aromatic carbocycles. The number of fused-ring (bicyclic) bond motifs is 2. The van der Waals surface area contributed by atoms with E-state index in [0.29, 0.717) is 12.8 Å². The second-order valence-corrected chi connectivity index (χ2v) is 11.4. The Morgan fingerprint density at radius 3 is 2.17 bits per heavy atom. The molecule has 2 bridgehead atoms. The number of carbonyl (C=O) groups is 1. The lowest BCUT2D eigenvalue weighted by Crippen LogP contribution is -2.62. The Labute approximate surface area is 176 Å². The Balaban J connectivity index is 1.93. The number of carbonyl (C=O) groups excluding carboxylic acids is 1. The van der Waals surface area contributed by atoms with Crippen molar-refractivity contribution in [3.63, 3.8) is 0 Å². The summed E-state index contributed by atoms with van der Waals surface area (Å²) < 4.78 is 5.71. The molecule has 0 heterocycles. The van der Waals surface area contributed by atoms with Gasteiger partial charge in [0.15, 0.2) is 0 Å². The number of esters is 1. The van der Waals surface area contributed by atoms with Crippen LogP contribution in [-0.4, -0.2) is 77.8 Å². The molecule has 4 aliphatic rings. The standard InChI is InChI=1S/C22H36O8/c1-10(23)30-17-11-6-7-12-20(5,28)15-14(25)16(26)18(2,3)22(15,29)13(24)8-21(12,17)9-19(11,4)27/h11-17,24-29H,6-9H2,1-5H3/t11-,12+,13-,14-,15+,16+,17+,19-,20-,21+,22-/m1/s1. The zero-order valence-electron chi connectivity index (χ0n) is 18.4. The number of hydrogen-bond donors (Lipinski definition) is 6. The fourth-order valence-corrected chi connectivity index (χ4v) is 8.29. The second kappa shape index (κ2) is 6.17. The molecule has 8 heteroatoms. The molecule has 172 valence electrons. The average Bonchev–Trinajstić information content (AvgIpc) is 2.78. The van der Waals surface area contributed by atoms with Gasteiger partial charge in [-0.15, -0.1) is 0 Å². The van der Waals surface area contributed by atoms with Crippen LogP contribution >= 0.6 is 0 Å². The van der Waals surface area contributed by atoms with Gasteiger partial charge >= 0.3 is 5.97 Å². The molecule has 6 N–H and O–H groups in total. The Kier molecular flexibility index (Phi) is 4.61. The van der Waals surface area contributed by atoms with Gasteiger partial charge in [0.1, 0.15) is 11.7 Å². The summed E-state index contributed by atoms with van der Waals surface area (Å²) in [5.41, 5.74) is -7.11. The van der Waals surface area contributed by atoms with Crippen molar-refractivity contribution in [1.29, 1.82) is 0 Å². The van der Waals surface area contributed by atoms with E-state index in [4.69, 9.17) is 4.74 Å². The van der Waals surface area contributed by atoms with Gasteiger partial charge in [0.2, 0.25) is 0 Å². The van der Waals surface area contributed by atoms with Gasteiger partial charge in [-0.2, -0.15) is 0 Å². The highest BCUT2D eigenvalue weighted by Gasteiger charge is 2.79. The maximum atomic E-state index is 11.9. The van der Waals surface area contributed by atoms with Crippen molar-refractivity contribution in [1.82, 2.24) is 0 Å². The van der Waals surface area contributed by atoms with Crippen LogP contribution in [0.25, 0.3) is 0 Å². The van der Waals surface area contributed by atoms with Crippen LogP contribution < -0.4 is 0 Å². The third kappa shape index (κ3) is 2.41. The molecule has 4 aliphatic carbocycles. The van der Waals surface area contributed by atoms with Crippen LogP contribution in [0.4, 0.5) is 0 Å². The van der Waals surface area contributed by atoms with Crippen molar-refractivity contribution in [3.05, 3.63) is 0 Å². The first-order chi connectivity index (χ1) is 13.5. The monoisotopic (exact) mass is 428 g/mol. The van der Waals surface area contributed by atoms with Crippen LogP contribution in [0.3, 0.4) is 0 Å². The smallest absolute Gasteiger partial charge is 0.302 e. The Bertz CT molecular complexity index is 747. The Morgan fingerprint density at radius 1 is 1.00 bits per heavy atom. The third-order valence-corrected chi connectivity index (χ3v) is 9.50. The molecule has 0 radical (unpaired) electrons. The van der Waals surface area contributed by atoms with E-state index in [1.807, 2.05) is 0 Å². The summed E-state index contributed by atoms with van der Waals surface area (Å²) in [6, 6.07) is 0. The Hall–Kier alpha value is -0.770. The summed E-state index contributed by atoms with van der Waals surface area (Å²) in [5, 5.41) is 67.9. The summed E-state index contributed by atoms with van der Waals surface area (Å²) in [4.78, 5) is 11.9. The molecular formula is C22H36O8. The molecule has 0 unspecified atom stereocenters. The molecule has 4 saturated carbocycles. The molecule has 4 rings (SSSR count). The highest BCUT2D eigenvalue weighted by molar-refractivity contribution is 5.66. The first-order valence-corrected chi connectivity index (χ1v) is 10.9. The van der Waals surface area contributed by atoms with E-state index in [0.717, 1.165) is 0 Å². The van der Waals surface area contributed by atoms with Gasteiger partial charge < -0.3 is 35.4 Å². The highest BCUT2D eigenvalue weighted by Crippen LogP contribution is 2.70. The second-order valence-electron chi connectivity index (χ2n) is 11.4. The summed E-state index contributed by atoms with van der Waals surface area (Å²) in [6.45, 7) is 7.66. The molecule has 0 aromatic heterocycles. The van der Waals surface area contributed by atoms with E-state index >= 15 is 0 Å². The summed E-state index contributed by atoms with van der Waals surface area (Å²) in [7, 11) is 0. The maximum Gasteiger partial charge on any atom is 0.302 e. The number of ether oxygens (including phenoxy) is 1. The normalized spacial score (nSPS) is 59.2. The lowest BCUT2D eigenvalue weighted by atomic mass is 9.57. The van der Waals surface area contributed by atoms with E-state index < -0.39 is 69.9 Å². The molecular weight excluding hydrogens is 392 g/mol. The lowest BCUT2D eigenvalue weighted by Gasteiger charge is -2.52. The molecule has 4 fully saturated rings. The number of rotatable bonds is 1. The van der Waals surface area contributed by atoms with Gasteiger partial charge in [0.25, 0.3) is 0 Å². The van der Waals surface area contributed by atoms with Crippen LogP contribution in [-0.2, 0) is 9.53 Å². The number of aliphatic hydroxyl groups is 6. The van der Waals surface area contributed by atoms with Crippen LogP contribution in [0, 0.1) is 28.6 Å². The van der Waals surface area contributed by atoms with E-state index in [-0.39, 0.29) is 18.8 Å². The van der Waals surface area contributed by atoms with Crippen LogP contribution in [0.2, 0.25) is 0 Å². The molecule has 1 spiro atoms. The van der Waals surface area contributed by atoms with Crippen molar-refractivity contribution < 1.29 is 40.2 Å². The molecule has 0 amide bonds. The molecule has 0 aromatic rings. The first-order valence-electron chi connectivity index (χ1n) is 10.9. The topological polar surface area (TPSA) is 148 Å². The van der Waals surface area contributed by atoms with Gasteiger partial charge in [-0.25, -0.2) is 0 Å². The van der Waals surface area contributed by atoms with E-state index in [1.165, 1.54) is 13.8 Å². The Morgan fingerprint density at radius 2 is 1.60 bits per heavy atom. The summed E-state index contributed by atoms with van der Waals surface area (Å²) >= 11 is 0. The lowest BCUT2D eigenvalue weighted by molar-refractivity contribution is -0.210. The number of hydrogen-bond acceptors (Lipinski definition) is 8. The fourth-order valence-electron chi connectivity index (χ4n) is 8.29. The van der Waals surface area contributed by atoms with Gasteiger partial charge in [-0.1, -0.05) is 13.8 Å². The van der Waals surface area contributed by atoms with E-state index in [1.54, 1.807) is 20.8 Å². The molecule has 8 nitrogen and oxygen atoms in total. The first kappa shape index (κ1) is 22.4. The molecule has 0 aliphatic heterocycles. The zero-order valence-corrected chi connectivity index (χ0v) is 18.4. The van der Waals surface area contributed by atoms with Gasteiger partial charge in [-0.3, -0.25) is 4.79 Å². The quantitative estimate of drug-likeness (QED) is 0.312. The van der Waals surface area contributed by atoms with E-state index in [2.05, 4.69) is 0 Å². The third-order valence-electron chi connectivity index (χ3n) is 9.50. The maximum absolute atomic E-state index is 11.9. The molecule has 11 atom stereocenters. The minimum Gasteiger partial charge on any atom is -0.462 e. The van der Waals surface area contributed by atoms with Gasteiger partial charge in [-0.05, 0) is 45.4 Å². The van der Waals surface area contributed by atoms with E-state index in [9.17, 15) is 35.4 Å². The van der Waals surface area contributed by atoms with Crippen LogP contribution in [0.15, 0.2) is 0 Å². The van der Waals surface area contributed by atoms with Crippen LogP contribution in [0.1, 0.15) is 60.3 Å². The fraction of sp³-hybridized carbons (Fsp3) is 0.955. The zero-order chi connectivity index (χ0) is 22.7. The summed E-state index contributed by atoms with van der Waals surface area (Å²) in [6.07, 6.45) is -3.77. The largest absolute Gasteiger partial charge is 0.462 e. The minimum atomic E-state index is -1.98. The van der Waals surface area contributed by atoms with Crippen molar-refractivity contribution >= 4 is 5.97 Å². The number of aliphatic hydroxyl groups excluding tert-OH is 3. The molecule has 30 heavy (non-hydrogen) atoms. The van der Waals surface area contributed by atoms with Crippen molar-refractivity contribution in [3.8, 4) is 0 Å². The van der Waals surface area contributed by atoms with Gasteiger partial charge in [0.05, 0.1) is 29.5 Å². The van der Waals surface area contributed by atoms with Crippen molar-refractivity contribution in [2.75, 3.05) is 0 Å². The summed E-state index contributed by atoms with van der Waals surface area (Å²) in [5.74, 6) is -2.63. The molecule has 0 saturated heterocycles. The highest BCUT2D eigenvalue weighted by atomic mass is 16.5. The van der Waals surface area contributed by atoms with Gasteiger partial charge in [0, 0.05) is 29.6 Å². The minimum absolute atomic E-state index is 0.0196. The SMILES string of the molecule is CC(=O)O[C@H]1[C@H]2CC[C@H]3[C@@](C)(O)[C@@H]4[C@@H](O)[C@H](O)C(C)(C)[C@@]4(O)[C@H](O)C[C@@]13C[C@@]2(C)O. The van der Waals surface area contributed by atoms with Crippen molar-refractivity contribution in [2.24, 2.45) is 28.6 Å². The van der Waals surface area contributed by atoms with Crippen LogP contribution in [0.5, 0.6) is 0 Å². The van der Waals surface area contributed by atoms with Crippen molar-refractivity contribution in [2.45, 2.75) is 102 Å². The predicted octanol–water partition coefficient (Wildman–Crippen LogP) is -0.290. The predicted molar refractivity (Wildman–Crippen MR) is 105 cm³/mol. The average molecular weight is 429 g/mol.